The molecule has 4 heteroatoms. The van der Waals surface area contributed by atoms with Crippen molar-refractivity contribution in [1.29, 1.82) is 0 Å². The number of hydrogen-bond donors (Lipinski definition) is 1. The smallest absolute Gasteiger partial charge is 0.0951 e. The van der Waals surface area contributed by atoms with Crippen LogP contribution in [0, 0.1) is 0 Å². The third-order valence-electron chi connectivity index (χ3n) is 3.78. The summed E-state index contributed by atoms with van der Waals surface area (Å²) in [5, 5.41) is 3.22. The first-order chi connectivity index (χ1) is 9.90. The van der Waals surface area contributed by atoms with Crippen LogP contribution in [0.2, 0.25) is 0 Å². The number of hydrogen-bond acceptors (Lipinski definition) is 3. The summed E-state index contributed by atoms with van der Waals surface area (Å²) in [5.41, 5.74) is 4.99. The fraction of sp³-hybridized carbons (Fsp3) is 0.353. The van der Waals surface area contributed by atoms with E-state index in [9.17, 15) is 0 Å². The van der Waals surface area contributed by atoms with Gasteiger partial charge in [-0.05, 0) is 43.1 Å². The number of ether oxygens (including phenoxy) is 1. The van der Waals surface area contributed by atoms with E-state index in [1.165, 1.54) is 16.7 Å². The molecule has 3 nitrogen and oxygen atoms in total. The normalized spacial score (nSPS) is 17.5. The number of nitrogens with one attached hydrogen (secondary N) is 1. The SMILES string of the molecule is CNCC1OCCCc2c(-c3ccccn3)cccc21.Cl. The first kappa shape index (κ1) is 16.0. The molecule has 1 unspecified atom stereocenters. The van der Waals surface area contributed by atoms with E-state index in [0.717, 1.165) is 31.7 Å². The fourth-order valence-electron chi connectivity index (χ4n) is 2.87. The molecule has 0 fully saturated rings. The minimum atomic E-state index is 0. The highest BCUT2D eigenvalue weighted by Crippen LogP contribution is 2.32. The van der Waals surface area contributed by atoms with Crippen molar-refractivity contribution in [2.24, 2.45) is 0 Å². The van der Waals surface area contributed by atoms with Crippen LogP contribution in [0.3, 0.4) is 0 Å². The van der Waals surface area contributed by atoms with Crippen LogP contribution in [0.15, 0.2) is 42.6 Å². The van der Waals surface area contributed by atoms with E-state index in [1.807, 2.05) is 25.4 Å². The molecule has 1 N–H and O–H groups in total. The Labute approximate surface area is 132 Å². The standard InChI is InChI=1S/C17H20N2O.ClH/c1-18-12-17-15-7-4-6-14(13(15)8-5-11-20-17)16-9-2-3-10-19-16;/h2-4,6-7,9-10,17-18H,5,8,11-12H2,1H3;1H. The lowest BCUT2D eigenvalue weighted by Gasteiger charge is -2.19. The van der Waals surface area contributed by atoms with Crippen molar-refractivity contribution < 1.29 is 4.74 Å². The van der Waals surface area contributed by atoms with Crippen molar-refractivity contribution in [3.8, 4) is 11.3 Å². The van der Waals surface area contributed by atoms with E-state index in [-0.39, 0.29) is 18.5 Å². The number of likely N-dealkylation sites (N-methyl/N-ethyl adjacent to an activating group) is 1. The molecule has 1 aliphatic rings. The first-order valence-corrected chi connectivity index (χ1v) is 7.19. The van der Waals surface area contributed by atoms with E-state index in [4.69, 9.17) is 4.74 Å². The van der Waals surface area contributed by atoms with Gasteiger partial charge in [0.15, 0.2) is 0 Å². The van der Waals surface area contributed by atoms with Gasteiger partial charge in [-0.3, -0.25) is 4.98 Å². The minimum Gasteiger partial charge on any atom is -0.372 e. The molecule has 3 rings (SSSR count). The Kier molecular flexibility index (Phi) is 5.74. The summed E-state index contributed by atoms with van der Waals surface area (Å²) in [6.45, 7) is 1.67. The van der Waals surface area contributed by atoms with E-state index in [2.05, 4.69) is 34.6 Å². The molecule has 1 aromatic carbocycles. The Morgan fingerprint density at radius 3 is 2.90 bits per heavy atom. The summed E-state index contributed by atoms with van der Waals surface area (Å²) >= 11 is 0. The molecule has 112 valence electrons. The number of benzene rings is 1. The number of nitrogens with zero attached hydrogens (tertiary/aromatic N) is 1. The predicted octanol–water partition coefficient (Wildman–Crippen LogP) is 3.39. The zero-order valence-corrected chi connectivity index (χ0v) is 13.0. The lowest BCUT2D eigenvalue weighted by molar-refractivity contribution is 0.0579. The second-order valence-electron chi connectivity index (χ2n) is 5.11. The Morgan fingerprint density at radius 2 is 2.14 bits per heavy atom. The molecule has 0 saturated carbocycles. The Morgan fingerprint density at radius 1 is 1.24 bits per heavy atom. The maximum absolute atomic E-state index is 5.98. The summed E-state index contributed by atoms with van der Waals surface area (Å²) in [6, 6.07) is 12.5. The number of rotatable bonds is 3. The van der Waals surface area contributed by atoms with Crippen LogP contribution in [0.1, 0.15) is 23.7 Å². The lowest BCUT2D eigenvalue weighted by atomic mass is 9.93. The quantitative estimate of drug-likeness (QED) is 0.944. The lowest BCUT2D eigenvalue weighted by Crippen LogP contribution is -2.20. The molecule has 1 aliphatic heterocycles. The van der Waals surface area contributed by atoms with Crippen LogP contribution in [0.5, 0.6) is 0 Å². The average molecular weight is 305 g/mol. The Bertz CT molecular complexity index is 574. The van der Waals surface area contributed by atoms with Crippen LogP contribution in [-0.2, 0) is 11.2 Å². The highest BCUT2D eigenvalue weighted by Gasteiger charge is 2.21. The monoisotopic (exact) mass is 304 g/mol. The van der Waals surface area contributed by atoms with Gasteiger partial charge in [0.05, 0.1) is 11.8 Å². The zero-order valence-electron chi connectivity index (χ0n) is 12.2. The van der Waals surface area contributed by atoms with Gasteiger partial charge in [-0.1, -0.05) is 24.3 Å². The Balaban J connectivity index is 0.00000161. The molecular weight excluding hydrogens is 284 g/mol. The van der Waals surface area contributed by atoms with Gasteiger partial charge in [0, 0.05) is 24.9 Å². The summed E-state index contributed by atoms with van der Waals surface area (Å²) in [6.07, 6.45) is 4.12. The molecule has 1 atom stereocenters. The molecule has 0 radical (unpaired) electrons. The van der Waals surface area contributed by atoms with Crippen LogP contribution in [0.4, 0.5) is 0 Å². The maximum atomic E-state index is 5.98. The highest BCUT2D eigenvalue weighted by atomic mass is 35.5. The first-order valence-electron chi connectivity index (χ1n) is 7.19. The van der Waals surface area contributed by atoms with Gasteiger partial charge >= 0.3 is 0 Å². The number of fused-ring (bicyclic) bond motifs is 1. The van der Waals surface area contributed by atoms with E-state index in [1.54, 1.807) is 0 Å². The largest absolute Gasteiger partial charge is 0.372 e. The number of aromatic nitrogens is 1. The van der Waals surface area contributed by atoms with Gasteiger partial charge in [0.2, 0.25) is 0 Å². The maximum Gasteiger partial charge on any atom is 0.0951 e. The zero-order chi connectivity index (χ0) is 13.8. The number of halogens is 1. The molecule has 2 heterocycles. The van der Waals surface area contributed by atoms with Gasteiger partial charge in [-0.25, -0.2) is 0 Å². The molecule has 1 aromatic heterocycles. The van der Waals surface area contributed by atoms with Crippen molar-refractivity contribution in [2.75, 3.05) is 20.2 Å². The highest BCUT2D eigenvalue weighted by molar-refractivity contribution is 5.85. The third-order valence-corrected chi connectivity index (χ3v) is 3.78. The van der Waals surface area contributed by atoms with Gasteiger partial charge < -0.3 is 10.1 Å². The molecule has 0 amide bonds. The van der Waals surface area contributed by atoms with Gasteiger partial charge in [-0.15, -0.1) is 12.4 Å². The van der Waals surface area contributed by atoms with Crippen LogP contribution >= 0.6 is 12.4 Å². The van der Waals surface area contributed by atoms with E-state index < -0.39 is 0 Å². The molecule has 0 aliphatic carbocycles. The second kappa shape index (κ2) is 7.55. The predicted molar refractivity (Wildman–Crippen MR) is 87.9 cm³/mol. The summed E-state index contributed by atoms with van der Waals surface area (Å²) in [4.78, 5) is 4.50. The molecular formula is C17H21ClN2O. The van der Waals surface area contributed by atoms with Crippen molar-refractivity contribution in [2.45, 2.75) is 18.9 Å². The van der Waals surface area contributed by atoms with Gasteiger partial charge in [0.25, 0.3) is 0 Å². The minimum absolute atomic E-state index is 0. The third kappa shape index (κ3) is 3.43. The van der Waals surface area contributed by atoms with Crippen molar-refractivity contribution in [3.05, 3.63) is 53.7 Å². The van der Waals surface area contributed by atoms with Crippen LogP contribution < -0.4 is 5.32 Å². The molecule has 21 heavy (non-hydrogen) atoms. The fourth-order valence-corrected chi connectivity index (χ4v) is 2.87. The summed E-state index contributed by atoms with van der Waals surface area (Å²) < 4.78 is 5.98. The second-order valence-corrected chi connectivity index (χ2v) is 5.11. The summed E-state index contributed by atoms with van der Waals surface area (Å²) in [5.74, 6) is 0. The van der Waals surface area contributed by atoms with Gasteiger partial charge in [0.1, 0.15) is 0 Å². The topological polar surface area (TPSA) is 34.1 Å². The van der Waals surface area contributed by atoms with E-state index >= 15 is 0 Å². The van der Waals surface area contributed by atoms with Crippen molar-refractivity contribution >= 4 is 12.4 Å². The van der Waals surface area contributed by atoms with Crippen LogP contribution in [-0.4, -0.2) is 25.2 Å². The van der Waals surface area contributed by atoms with Crippen LogP contribution in [0.25, 0.3) is 11.3 Å². The van der Waals surface area contributed by atoms with Gasteiger partial charge in [-0.2, -0.15) is 0 Å². The number of pyridine rings is 1. The average Bonchev–Trinajstić information content (AvgIpc) is 2.71. The molecule has 2 aromatic rings. The molecule has 0 spiro atoms. The van der Waals surface area contributed by atoms with Crippen molar-refractivity contribution in [3.63, 3.8) is 0 Å². The van der Waals surface area contributed by atoms with Crippen molar-refractivity contribution in [1.82, 2.24) is 10.3 Å². The van der Waals surface area contributed by atoms with E-state index in [0.29, 0.717) is 0 Å². The molecule has 0 saturated heterocycles. The summed E-state index contributed by atoms with van der Waals surface area (Å²) in [7, 11) is 1.97. The molecule has 0 bridgehead atoms. The Hall–Kier alpha value is -1.42.